The fourth-order valence-corrected chi connectivity index (χ4v) is 1.74. The van der Waals surface area contributed by atoms with Gasteiger partial charge in [-0.25, -0.2) is 4.79 Å². The highest BCUT2D eigenvalue weighted by Crippen LogP contribution is 2.25. The Kier molecular flexibility index (Phi) is 3.05. The van der Waals surface area contributed by atoms with Gasteiger partial charge in [-0.3, -0.25) is 4.98 Å². The summed E-state index contributed by atoms with van der Waals surface area (Å²) in [7, 11) is 0. The van der Waals surface area contributed by atoms with Crippen molar-refractivity contribution in [3.05, 3.63) is 48.3 Å². The maximum absolute atomic E-state index is 10.7. The van der Waals surface area contributed by atoms with Gasteiger partial charge in [-0.2, -0.15) is 0 Å². The van der Waals surface area contributed by atoms with Gasteiger partial charge in [-0.15, -0.1) is 0 Å². The zero-order valence-electron chi connectivity index (χ0n) is 9.47. The van der Waals surface area contributed by atoms with E-state index in [1.807, 2.05) is 37.3 Å². The summed E-state index contributed by atoms with van der Waals surface area (Å²) in [4.78, 5) is 14.7. The molecule has 0 aliphatic rings. The van der Waals surface area contributed by atoms with Crippen molar-refractivity contribution in [3.8, 4) is 11.1 Å². The van der Waals surface area contributed by atoms with Crippen molar-refractivity contribution < 1.29 is 4.79 Å². The number of benzene rings is 1. The Hall–Kier alpha value is -2.36. The SMILES string of the molecule is Cc1cc(NC(N)=O)ccc1-c1ccncc1. The molecule has 0 saturated carbocycles. The van der Waals surface area contributed by atoms with Crippen LogP contribution >= 0.6 is 0 Å². The van der Waals surface area contributed by atoms with Crippen molar-refractivity contribution in [1.82, 2.24) is 4.98 Å². The predicted octanol–water partition coefficient (Wildman–Crippen LogP) is 2.55. The average Bonchev–Trinajstić information content (AvgIpc) is 2.29. The number of urea groups is 1. The van der Waals surface area contributed by atoms with Crippen LogP contribution < -0.4 is 11.1 Å². The second-order valence-corrected chi connectivity index (χ2v) is 3.75. The molecule has 3 N–H and O–H groups in total. The molecule has 4 heteroatoms. The van der Waals surface area contributed by atoms with Crippen molar-refractivity contribution in [2.75, 3.05) is 5.32 Å². The van der Waals surface area contributed by atoms with E-state index in [0.717, 1.165) is 16.7 Å². The van der Waals surface area contributed by atoms with Crippen LogP contribution in [0.15, 0.2) is 42.7 Å². The van der Waals surface area contributed by atoms with Crippen LogP contribution in [0.1, 0.15) is 5.56 Å². The van der Waals surface area contributed by atoms with E-state index in [4.69, 9.17) is 5.73 Å². The molecule has 2 rings (SSSR count). The molecular weight excluding hydrogens is 214 g/mol. The van der Waals surface area contributed by atoms with Crippen molar-refractivity contribution in [1.29, 1.82) is 0 Å². The third kappa shape index (κ3) is 2.60. The summed E-state index contributed by atoms with van der Waals surface area (Å²) >= 11 is 0. The van der Waals surface area contributed by atoms with Gasteiger partial charge in [-0.05, 0) is 47.9 Å². The molecule has 2 aromatic rings. The Morgan fingerprint density at radius 2 is 1.94 bits per heavy atom. The van der Waals surface area contributed by atoms with Gasteiger partial charge in [0.2, 0.25) is 0 Å². The number of hydrogen-bond donors (Lipinski definition) is 2. The molecular formula is C13H13N3O. The van der Waals surface area contributed by atoms with Crippen molar-refractivity contribution in [2.45, 2.75) is 6.92 Å². The molecule has 0 aliphatic carbocycles. The molecule has 0 aliphatic heterocycles. The number of hydrogen-bond acceptors (Lipinski definition) is 2. The molecule has 0 fully saturated rings. The molecule has 0 unspecified atom stereocenters. The third-order valence-electron chi connectivity index (χ3n) is 2.49. The second kappa shape index (κ2) is 4.65. The summed E-state index contributed by atoms with van der Waals surface area (Å²) < 4.78 is 0. The fraction of sp³-hybridized carbons (Fsp3) is 0.0769. The quantitative estimate of drug-likeness (QED) is 0.827. The molecule has 0 bridgehead atoms. The average molecular weight is 227 g/mol. The van der Waals surface area contributed by atoms with Gasteiger partial charge in [-0.1, -0.05) is 6.07 Å². The number of rotatable bonds is 2. The Morgan fingerprint density at radius 1 is 1.24 bits per heavy atom. The van der Waals surface area contributed by atoms with Crippen molar-refractivity contribution >= 4 is 11.7 Å². The standard InChI is InChI=1S/C13H13N3O/c1-9-8-11(16-13(14)17)2-3-12(9)10-4-6-15-7-5-10/h2-8H,1H3,(H3,14,16,17). The van der Waals surface area contributed by atoms with E-state index in [1.54, 1.807) is 12.4 Å². The number of nitrogens with zero attached hydrogens (tertiary/aromatic N) is 1. The number of primary amides is 1. The van der Waals surface area contributed by atoms with Gasteiger partial charge in [0.25, 0.3) is 0 Å². The Balaban J connectivity index is 2.35. The first-order valence-electron chi connectivity index (χ1n) is 5.24. The lowest BCUT2D eigenvalue weighted by Gasteiger charge is -2.08. The highest BCUT2D eigenvalue weighted by Gasteiger charge is 2.03. The van der Waals surface area contributed by atoms with E-state index in [9.17, 15) is 4.79 Å². The third-order valence-corrected chi connectivity index (χ3v) is 2.49. The lowest BCUT2D eigenvalue weighted by atomic mass is 10.0. The number of nitrogens with one attached hydrogen (secondary N) is 1. The Morgan fingerprint density at radius 3 is 2.53 bits per heavy atom. The van der Waals surface area contributed by atoms with E-state index in [1.165, 1.54) is 0 Å². The number of nitrogens with two attached hydrogens (primary N) is 1. The molecule has 1 heterocycles. The number of aromatic nitrogens is 1. The molecule has 0 saturated heterocycles. The second-order valence-electron chi connectivity index (χ2n) is 3.75. The van der Waals surface area contributed by atoms with E-state index >= 15 is 0 Å². The molecule has 1 aromatic heterocycles. The van der Waals surface area contributed by atoms with Crippen molar-refractivity contribution in [2.24, 2.45) is 5.73 Å². The van der Waals surface area contributed by atoms with Crippen LogP contribution in [0.2, 0.25) is 0 Å². The lowest BCUT2D eigenvalue weighted by Crippen LogP contribution is -2.19. The number of amides is 2. The summed E-state index contributed by atoms with van der Waals surface area (Å²) in [5.41, 5.74) is 9.05. The first-order chi connectivity index (χ1) is 8.16. The number of carbonyl (C=O) groups excluding carboxylic acids is 1. The molecule has 4 nitrogen and oxygen atoms in total. The maximum Gasteiger partial charge on any atom is 0.316 e. The zero-order chi connectivity index (χ0) is 12.3. The van der Waals surface area contributed by atoms with E-state index in [2.05, 4.69) is 10.3 Å². The zero-order valence-corrected chi connectivity index (χ0v) is 9.47. The monoisotopic (exact) mass is 227 g/mol. The number of carbonyl (C=O) groups is 1. The maximum atomic E-state index is 10.7. The highest BCUT2D eigenvalue weighted by molar-refractivity contribution is 5.88. The van der Waals surface area contributed by atoms with Crippen LogP contribution in [0.4, 0.5) is 10.5 Å². The molecule has 17 heavy (non-hydrogen) atoms. The van der Waals surface area contributed by atoms with Gasteiger partial charge in [0.1, 0.15) is 0 Å². The summed E-state index contributed by atoms with van der Waals surface area (Å²) in [6.07, 6.45) is 3.51. The first-order valence-corrected chi connectivity index (χ1v) is 5.24. The van der Waals surface area contributed by atoms with Gasteiger partial charge in [0.05, 0.1) is 0 Å². The van der Waals surface area contributed by atoms with Gasteiger partial charge >= 0.3 is 6.03 Å². The van der Waals surface area contributed by atoms with Crippen LogP contribution in [-0.2, 0) is 0 Å². The molecule has 0 spiro atoms. The Labute approximate surface area is 99.5 Å². The smallest absolute Gasteiger partial charge is 0.316 e. The summed E-state index contributed by atoms with van der Waals surface area (Å²) in [5.74, 6) is 0. The van der Waals surface area contributed by atoms with E-state index in [-0.39, 0.29) is 0 Å². The largest absolute Gasteiger partial charge is 0.351 e. The minimum atomic E-state index is -0.555. The van der Waals surface area contributed by atoms with Crippen LogP contribution in [-0.4, -0.2) is 11.0 Å². The number of pyridine rings is 1. The number of anilines is 1. The van der Waals surface area contributed by atoms with Gasteiger partial charge in [0, 0.05) is 18.1 Å². The normalized spacial score (nSPS) is 9.94. The van der Waals surface area contributed by atoms with Gasteiger partial charge < -0.3 is 11.1 Å². The molecule has 0 atom stereocenters. The van der Waals surface area contributed by atoms with Crippen LogP contribution in [0.3, 0.4) is 0 Å². The van der Waals surface area contributed by atoms with Gasteiger partial charge in [0.15, 0.2) is 0 Å². The minimum absolute atomic E-state index is 0.555. The molecule has 2 amide bonds. The van der Waals surface area contributed by atoms with Crippen LogP contribution in [0.25, 0.3) is 11.1 Å². The fourth-order valence-electron chi connectivity index (χ4n) is 1.74. The van der Waals surface area contributed by atoms with Crippen LogP contribution in [0, 0.1) is 6.92 Å². The van der Waals surface area contributed by atoms with Crippen molar-refractivity contribution in [3.63, 3.8) is 0 Å². The first kappa shape index (κ1) is 11.1. The van der Waals surface area contributed by atoms with E-state index in [0.29, 0.717) is 5.69 Å². The lowest BCUT2D eigenvalue weighted by molar-refractivity contribution is 0.259. The Bertz CT molecular complexity index is 538. The number of aryl methyl sites for hydroxylation is 1. The molecule has 86 valence electrons. The van der Waals surface area contributed by atoms with Crippen LogP contribution in [0.5, 0.6) is 0 Å². The summed E-state index contributed by atoms with van der Waals surface area (Å²) in [6.45, 7) is 1.99. The molecule has 1 aromatic carbocycles. The summed E-state index contributed by atoms with van der Waals surface area (Å²) in [5, 5.41) is 2.55. The minimum Gasteiger partial charge on any atom is -0.351 e. The predicted molar refractivity (Wildman–Crippen MR) is 67.6 cm³/mol. The molecule has 0 radical (unpaired) electrons. The topological polar surface area (TPSA) is 68.0 Å². The van der Waals surface area contributed by atoms with E-state index < -0.39 is 6.03 Å². The highest BCUT2D eigenvalue weighted by atomic mass is 16.2. The summed E-state index contributed by atoms with van der Waals surface area (Å²) in [6, 6.07) is 9.01.